The third kappa shape index (κ3) is 3.49. The number of aliphatic hydroxyl groups is 1. The van der Waals surface area contributed by atoms with Crippen molar-refractivity contribution in [2.45, 2.75) is 90.8 Å². The minimum Gasteiger partial charge on any atom is -0.393 e. The molecule has 4 aliphatic carbocycles. The van der Waals surface area contributed by atoms with Crippen molar-refractivity contribution in [2.75, 3.05) is 0 Å². The zero-order valence-corrected chi connectivity index (χ0v) is 21.4. The third-order valence-corrected chi connectivity index (χ3v) is 10.8. The van der Waals surface area contributed by atoms with E-state index in [2.05, 4.69) is 29.1 Å². The number of aryl methyl sites for hydroxylation is 1. The Kier molecular flexibility index (Phi) is 5.45. The number of Topliss-reactive ketones (excluding diaryl/α,β-unsaturated/α-hetero) is 1. The summed E-state index contributed by atoms with van der Waals surface area (Å²) in [5.41, 5.74) is 0.104. The predicted octanol–water partition coefficient (Wildman–Crippen LogP) is 2.61. The maximum atomic E-state index is 13.8. The van der Waals surface area contributed by atoms with Crippen LogP contribution >= 0.6 is 0 Å². The molecule has 0 unspecified atom stereocenters. The van der Waals surface area contributed by atoms with Crippen molar-refractivity contribution < 1.29 is 9.90 Å². The van der Waals surface area contributed by atoms with E-state index in [-0.39, 0.29) is 35.3 Å². The lowest BCUT2D eigenvalue weighted by Gasteiger charge is -2.60. The molecule has 8 atom stereocenters. The van der Waals surface area contributed by atoms with Crippen LogP contribution in [0.3, 0.4) is 0 Å². The molecular weight excluding hydrogens is 458 g/mol. The molecule has 2 aromatic rings. The first-order chi connectivity index (χ1) is 17.1. The van der Waals surface area contributed by atoms with Gasteiger partial charge in [-0.2, -0.15) is 0 Å². The lowest BCUT2D eigenvalue weighted by atomic mass is 9.45. The summed E-state index contributed by atoms with van der Waals surface area (Å²) in [7, 11) is 0. The molecule has 9 nitrogen and oxygen atoms in total. The Bertz CT molecular complexity index is 1310. The maximum Gasteiger partial charge on any atom is 0.328 e. The second-order valence-corrected chi connectivity index (χ2v) is 12.5. The third-order valence-electron chi connectivity index (χ3n) is 10.8. The van der Waals surface area contributed by atoms with E-state index in [0.717, 1.165) is 51.4 Å². The number of hydrogen-bond donors (Lipinski definition) is 2. The predicted molar refractivity (Wildman–Crippen MR) is 132 cm³/mol. The number of carbonyl (C=O) groups is 1. The van der Waals surface area contributed by atoms with Gasteiger partial charge in [0.15, 0.2) is 5.78 Å². The van der Waals surface area contributed by atoms with Crippen LogP contribution in [0.5, 0.6) is 0 Å². The Morgan fingerprint density at radius 3 is 2.67 bits per heavy atom. The minimum atomic E-state index is -0.485. The van der Waals surface area contributed by atoms with E-state index in [4.69, 9.17) is 0 Å². The summed E-state index contributed by atoms with van der Waals surface area (Å²) in [6, 6.07) is -0.326. The highest BCUT2D eigenvalue weighted by molar-refractivity contribution is 5.90. The van der Waals surface area contributed by atoms with Crippen LogP contribution in [0.15, 0.2) is 22.0 Å². The number of nitrogens with zero attached hydrogens (tertiary/aromatic N) is 4. The van der Waals surface area contributed by atoms with Crippen molar-refractivity contribution >= 4 is 5.78 Å². The molecular formula is C27H37N5O4. The van der Waals surface area contributed by atoms with Crippen molar-refractivity contribution in [1.82, 2.24) is 24.5 Å². The first kappa shape index (κ1) is 23.8. The molecule has 9 heteroatoms. The standard InChI is InChI=1S/C27H37N5O4/c1-15-12-31(25(36)28-24(15)35)13-17-14-32(30-29-17)22-11-21-19-5-4-16-10-18(33)6-8-26(16,2)20(19)7-9-27(21,3)23(22)34/h12,14,16,18-22,33H,4-11,13H2,1-3H3,(H,28,35,36)/t16-,18-,19+,20-,21-,22-,26-,27-/m0/s1. The van der Waals surface area contributed by atoms with Gasteiger partial charge < -0.3 is 5.11 Å². The summed E-state index contributed by atoms with van der Waals surface area (Å²) in [6.45, 7) is 6.48. The van der Waals surface area contributed by atoms with E-state index in [1.807, 2.05) is 0 Å². The SMILES string of the molecule is Cc1cn(Cc2cn([C@H]3C[C@H]4[C@@H]5CC[C@H]6C[C@@H](O)CC[C@]6(C)[C@H]5CC[C@]4(C)C3=O)nn2)c(=O)[nH]c1=O. The fraction of sp³-hybridized carbons (Fsp3) is 0.741. The van der Waals surface area contributed by atoms with Gasteiger partial charge in [-0.1, -0.05) is 19.1 Å². The Morgan fingerprint density at radius 2 is 1.86 bits per heavy atom. The van der Waals surface area contributed by atoms with Crippen molar-refractivity contribution in [2.24, 2.45) is 34.5 Å². The van der Waals surface area contributed by atoms with Crippen molar-refractivity contribution in [1.29, 1.82) is 0 Å². The largest absolute Gasteiger partial charge is 0.393 e. The lowest BCUT2D eigenvalue weighted by Crippen LogP contribution is -2.54. The van der Waals surface area contributed by atoms with Gasteiger partial charge in [0, 0.05) is 17.2 Å². The van der Waals surface area contributed by atoms with Gasteiger partial charge in [-0.3, -0.25) is 19.1 Å². The molecule has 4 fully saturated rings. The van der Waals surface area contributed by atoms with Crippen molar-refractivity contribution in [3.63, 3.8) is 0 Å². The molecule has 0 bridgehead atoms. The summed E-state index contributed by atoms with van der Waals surface area (Å²) in [5, 5.41) is 18.9. The van der Waals surface area contributed by atoms with Crippen molar-refractivity contribution in [3.05, 3.63) is 44.5 Å². The molecule has 0 aromatic carbocycles. The Hall–Kier alpha value is -2.55. The number of carbonyl (C=O) groups excluding carboxylic acids is 1. The summed E-state index contributed by atoms with van der Waals surface area (Å²) >= 11 is 0. The fourth-order valence-electron chi connectivity index (χ4n) is 8.70. The number of rotatable bonds is 3. The molecule has 36 heavy (non-hydrogen) atoms. The van der Waals surface area contributed by atoms with E-state index in [1.165, 1.54) is 10.8 Å². The number of nitrogens with one attached hydrogen (secondary N) is 1. The van der Waals surface area contributed by atoms with Gasteiger partial charge in [0.25, 0.3) is 5.56 Å². The fourth-order valence-corrected chi connectivity index (χ4v) is 8.70. The average molecular weight is 496 g/mol. The second-order valence-electron chi connectivity index (χ2n) is 12.5. The van der Waals surface area contributed by atoms with Crippen molar-refractivity contribution in [3.8, 4) is 0 Å². The molecule has 0 amide bonds. The summed E-state index contributed by atoms with van der Waals surface area (Å²) < 4.78 is 3.12. The number of aromatic amines is 1. The van der Waals surface area contributed by atoms with Gasteiger partial charge in [-0.15, -0.1) is 5.10 Å². The number of aliphatic hydroxyl groups excluding tert-OH is 1. The normalized spacial score (nSPS) is 39.9. The van der Waals surface area contributed by atoms with Crippen LogP contribution in [-0.4, -0.2) is 41.5 Å². The van der Waals surface area contributed by atoms with Crippen LogP contribution in [0.2, 0.25) is 0 Å². The number of hydrogen-bond acceptors (Lipinski definition) is 6. The monoisotopic (exact) mass is 495 g/mol. The number of aromatic nitrogens is 5. The highest BCUT2D eigenvalue weighted by Crippen LogP contribution is 2.66. The number of H-pyrrole nitrogens is 1. The van der Waals surface area contributed by atoms with Gasteiger partial charge in [0.2, 0.25) is 0 Å². The van der Waals surface area contributed by atoms with Crippen LogP contribution < -0.4 is 11.2 Å². The first-order valence-electron chi connectivity index (χ1n) is 13.5. The summed E-state index contributed by atoms with van der Waals surface area (Å²) in [5.74, 6) is 2.37. The number of ketones is 1. The molecule has 2 heterocycles. The molecule has 4 saturated carbocycles. The van der Waals surface area contributed by atoms with Gasteiger partial charge >= 0.3 is 5.69 Å². The van der Waals surface area contributed by atoms with Crippen LogP contribution in [0.4, 0.5) is 0 Å². The summed E-state index contributed by atoms with van der Waals surface area (Å²) in [4.78, 5) is 40.0. The van der Waals surface area contributed by atoms with E-state index in [0.29, 0.717) is 34.9 Å². The van der Waals surface area contributed by atoms with E-state index in [1.54, 1.807) is 17.8 Å². The van der Waals surface area contributed by atoms with Crippen LogP contribution in [-0.2, 0) is 11.3 Å². The molecule has 0 aliphatic heterocycles. The zero-order valence-electron chi connectivity index (χ0n) is 21.4. The Labute approximate surface area is 210 Å². The summed E-state index contributed by atoms with van der Waals surface area (Å²) in [6.07, 6.45) is 11.2. The topological polar surface area (TPSA) is 123 Å². The molecule has 4 aliphatic rings. The molecule has 194 valence electrons. The lowest BCUT2D eigenvalue weighted by molar-refractivity contribution is -0.143. The second kappa shape index (κ2) is 8.23. The molecule has 2 aromatic heterocycles. The minimum absolute atomic E-state index is 0.150. The first-order valence-corrected chi connectivity index (χ1v) is 13.5. The molecule has 0 spiro atoms. The average Bonchev–Trinajstić information content (AvgIpc) is 3.40. The molecule has 0 saturated heterocycles. The van der Waals surface area contributed by atoms with Gasteiger partial charge in [-0.05, 0) is 87.4 Å². The van der Waals surface area contributed by atoms with Crippen LogP contribution in [0, 0.1) is 41.4 Å². The van der Waals surface area contributed by atoms with E-state index < -0.39 is 11.2 Å². The maximum absolute atomic E-state index is 13.8. The quantitative estimate of drug-likeness (QED) is 0.675. The van der Waals surface area contributed by atoms with Crippen LogP contribution in [0.25, 0.3) is 0 Å². The van der Waals surface area contributed by atoms with Gasteiger partial charge in [-0.25, -0.2) is 9.48 Å². The van der Waals surface area contributed by atoms with Crippen LogP contribution in [0.1, 0.15) is 82.5 Å². The molecule has 0 radical (unpaired) electrons. The smallest absolute Gasteiger partial charge is 0.328 e. The molecule has 6 rings (SSSR count). The number of fused-ring (bicyclic) bond motifs is 5. The van der Waals surface area contributed by atoms with E-state index in [9.17, 15) is 19.5 Å². The van der Waals surface area contributed by atoms with E-state index >= 15 is 0 Å². The Balaban J connectivity index is 1.24. The highest BCUT2D eigenvalue weighted by Gasteiger charge is 2.62. The Morgan fingerprint density at radius 1 is 1.06 bits per heavy atom. The zero-order chi connectivity index (χ0) is 25.4. The molecule has 2 N–H and O–H groups in total. The van der Waals surface area contributed by atoms with Gasteiger partial charge in [0.1, 0.15) is 11.7 Å². The highest BCUT2D eigenvalue weighted by atomic mass is 16.3. The van der Waals surface area contributed by atoms with Gasteiger partial charge in [0.05, 0.1) is 18.8 Å².